The zero-order valence-corrected chi connectivity index (χ0v) is 17.6. The minimum atomic E-state index is -4.48. The van der Waals surface area contributed by atoms with Crippen LogP contribution in [0, 0.1) is 18.3 Å². The summed E-state index contributed by atoms with van der Waals surface area (Å²) >= 11 is 1.31. The first-order chi connectivity index (χ1) is 14.1. The first-order valence-electron chi connectivity index (χ1n) is 8.98. The van der Waals surface area contributed by atoms with Crippen LogP contribution in [0.3, 0.4) is 0 Å². The molecule has 1 aromatic heterocycles. The van der Waals surface area contributed by atoms with Crippen molar-refractivity contribution in [1.82, 2.24) is 9.71 Å². The summed E-state index contributed by atoms with van der Waals surface area (Å²) in [5, 5.41) is 9.18. The minimum Gasteiger partial charge on any atom is -0.368 e. The predicted molar refractivity (Wildman–Crippen MR) is 105 cm³/mol. The molecule has 162 valence electrons. The van der Waals surface area contributed by atoms with Gasteiger partial charge in [0.15, 0.2) is 6.10 Å². The Morgan fingerprint density at radius 2 is 2.17 bits per heavy atom. The third-order valence-electron chi connectivity index (χ3n) is 4.69. The van der Waals surface area contributed by atoms with E-state index >= 15 is 0 Å². The molecule has 1 N–H and O–H groups in total. The summed E-state index contributed by atoms with van der Waals surface area (Å²) in [5.41, 5.74) is 2.67. The number of nitrogens with one attached hydrogen (secondary N) is 1. The van der Waals surface area contributed by atoms with E-state index < -0.39 is 22.3 Å². The summed E-state index contributed by atoms with van der Waals surface area (Å²) < 4.78 is 72.4. The monoisotopic (exact) mass is 460 g/mol. The third-order valence-corrected chi connectivity index (χ3v) is 7.06. The first kappa shape index (κ1) is 22.5. The Balaban J connectivity index is 1.89. The number of nitriles is 1. The van der Waals surface area contributed by atoms with Crippen molar-refractivity contribution in [2.24, 2.45) is 0 Å². The fraction of sp³-hybridized carbons (Fsp3) is 0.444. The van der Waals surface area contributed by atoms with Crippen LogP contribution < -0.4 is 9.62 Å². The number of aryl methyl sites for hydroxylation is 1. The van der Waals surface area contributed by atoms with Crippen LogP contribution >= 0.6 is 11.3 Å². The number of alkyl halides is 3. The van der Waals surface area contributed by atoms with Crippen LogP contribution in [0.25, 0.3) is 0 Å². The molecule has 1 aromatic carbocycles. The number of hydrogen-bond acceptors (Lipinski definition) is 7. The normalized spacial score (nSPS) is 18.1. The molecule has 1 fully saturated rings. The molecule has 0 saturated carbocycles. The van der Waals surface area contributed by atoms with Crippen molar-refractivity contribution in [1.29, 1.82) is 5.26 Å². The Bertz CT molecular complexity index is 1050. The van der Waals surface area contributed by atoms with Gasteiger partial charge in [-0.25, -0.2) is 18.1 Å². The summed E-state index contributed by atoms with van der Waals surface area (Å²) in [5.74, 6) is 0. The molecule has 0 aliphatic carbocycles. The van der Waals surface area contributed by atoms with Crippen LogP contribution in [0.2, 0.25) is 0 Å². The van der Waals surface area contributed by atoms with Crippen molar-refractivity contribution in [3.05, 3.63) is 39.8 Å². The second-order valence-electron chi connectivity index (χ2n) is 6.66. The lowest BCUT2D eigenvalue weighted by Gasteiger charge is -2.25. The number of sulfonamides is 1. The molecule has 1 unspecified atom stereocenters. The van der Waals surface area contributed by atoms with Gasteiger partial charge in [0.25, 0.3) is 0 Å². The molecule has 0 radical (unpaired) electrons. The molecule has 0 amide bonds. The molecule has 1 atom stereocenters. The van der Waals surface area contributed by atoms with E-state index in [0.717, 1.165) is 4.88 Å². The maximum atomic E-state index is 13.0. The highest BCUT2D eigenvalue weighted by Gasteiger charge is 2.41. The molecule has 3 rings (SSSR count). The molecule has 2 aromatic rings. The largest absolute Gasteiger partial charge is 0.414 e. The number of anilines is 1. The Morgan fingerprint density at radius 3 is 2.80 bits per heavy atom. The first-order valence-corrected chi connectivity index (χ1v) is 11.3. The fourth-order valence-electron chi connectivity index (χ4n) is 3.07. The number of halogens is 3. The topological polar surface area (TPSA) is 95.3 Å². The van der Waals surface area contributed by atoms with E-state index in [1.165, 1.54) is 29.5 Å². The molecule has 7 nitrogen and oxygen atoms in total. The van der Waals surface area contributed by atoms with E-state index in [-0.39, 0.29) is 48.8 Å². The standard InChI is InChI=1S/C18H19F3N4O3S2/c1-12-15(29-11-23-12)10-24-30(26,27)16-8-13(9-22)2-3-14(16)25-5-4-17(18(19,20)21)28-7-6-25/h2-3,8,11,17,24H,4-7,10H2,1H3. The van der Waals surface area contributed by atoms with Crippen LogP contribution in [0.5, 0.6) is 0 Å². The Kier molecular flexibility index (Phi) is 6.66. The number of benzene rings is 1. The van der Waals surface area contributed by atoms with E-state index in [9.17, 15) is 26.9 Å². The van der Waals surface area contributed by atoms with Crippen molar-refractivity contribution in [2.75, 3.05) is 24.6 Å². The van der Waals surface area contributed by atoms with Gasteiger partial charge >= 0.3 is 6.18 Å². The lowest BCUT2D eigenvalue weighted by atomic mass is 10.2. The summed E-state index contributed by atoms with van der Waals surface area (Å²) in [4.78, 5) is 6.20. The minimum absolute atomic E-state index is 0.0221. The van der Waals surface area contributed by atoms with Gasteiger partial charge in [-0.3, -0.25) is 0 Å². The number of thiazole rings is 1. The van der Waals surface area contributed by atoms with Gasteiger partial charge in [0, 0.05) is 24.5 Å². The third kappa shape index (κ3) is 5.10. The van der Waals surface area contributed by atoms with Gasteiger partial charge in [0.2, 0.25) is 10.0 Å². The average molecular weight is 461 g/mol. The average Bonchev–Trinajstić information content (AvgIpc) is 2.94. The molecule has 1 aliphatic rings. The Labute approximate surface area is 176 Å². The molecular weight excluding hydrogens is 441 g/mol. The maximum absolute atomic E-state index is 13.0. The molecule has 2 heterocycles. The van der Waals surface area contributed by atoms with Crippen molar-refractivity contribution in [3.8, 4) is 6.07 Å². The van der Waals surface area contributed by atoms with E-state index in [1.807, 2.05) is 6.07 Å². The van der Waals surface area contributed by atoms with Crippen molar-refractivity contribution in [3.63, 3.8) is 0 Å². The van der Waals surface area contributed by atoms with Crippen molar-refractivity contribution < 1.29 is 26.3 Å². The number of rotatable bonds is 5. The maximum Gasteiger partial charge on any atom is 0.414 e. The zero-order chi connectivity index (χ0) is 21.9. The van der Waals surface area contributed by atoms with Gasteiger partial charge in [-0.1, -0.05) is 0 Å². The zero-order valence-electron chi connectivity index (χ0n) is 15.9. The van der Waals surface area contributed by atoms with Crippen LogP contribution in [-0.2, 0) is 21.3 Å². The second-order valence-corrected chi connectivity index (χ2v) is 9.33. The quantitative estimate of drug-likeness (QED) is 0.737. The molecule has 12 heteroatoms. The number of aromatic nitrogens is 1. The molecule has 1 aliphatic heterocycles. The SMILES string of the molecule is Cc1ncsc1CNS(=O)(=O)c1cc(C#N)ccc1N1CCOC(C(F)(F)F)CC1. The second kappa shape index (κ2) is 8.89. The van der Waals surface area contributed by atoms with E-state index in [4.69, 9.17) is 4.74 Å². The highest BCUT2D eigenvalue weighted by Crippen LogP contribution is 2.31. The van der Waals surface area contributed by atoms with Gasteiger partial charge < -0.3 is 9.64 Å². The van der Waals surface area contributed by atoms with Crippen LogP contribution in [-0.4, -0.2) is 45.4 Å². The fourth-order valence-corrected chi connectivity index (χ4v) is 5.12. The lowest BCUT2D eigenvalue weighted by molar-refractivity contribution is -0.218. The van der Waals surface area contributed by atoms with E-state index in [1.54, 1.807) is 17.3 Å². The Morgan fingerprint density at radius 1 is 1.40 bits per heavy atom. The highest BCUT2D eigenvalue weighted by atomic mass is 32.2. The van der Waals surface area contributed by atoms with Crippen LogP contribution in [0.4, 0.5) is 18.9 Å². The van der Waals surface area contributed by atoms with Gasteiger partial charge in [-0.2, -0.15) is 18.4 Å². The molecule has 30 heavy (non-hydrogen) atoms. The summed E-state index contributed by atoms with van der Waals surface area (Å²) in [6, 6.07) is 6.00. The summed E-state index contributed by atoms with van der Waals surface area (Å²) in [6.07, 6.45) is -6.70. The van der Waals surface area contributed by atoms with E-state index in [0.29, 0.717) is 5.69 Å². The number of hydrogen-bond donors (Lipinski definition) is 1. The van der Waals surface area contributed by atoms with Crippen LogP contribution in [0.1, 0.15) is 22.6 Å². The molecular formula is C18H19F3N4O3S2. The van der Waals surface area contributed by atoms with Crippen molar-refractivity contribution in [2.45, 2.75) is 37.1 Å². The molecule has 1 saturated heterocycles. The molecule has 0 spiro atoms. The van der Waals surface area contributed by atoms with Gasteiger partial charge in [0.05, 0.1) is 35.1 Å². The Hall–Kier alpha value is -2.20. The van der Waals surface area contributed by atoms with Gasteiger partial charge in [0.1, 0.15) is 4.90 Å². The number of ether oxygens (including phenoxy) is 1. The van der Waals surface area contributed by atoms with Gasteiger partial charge in [-0.15, -0.1) is 11.3 Å². The van der Waals surface area contributed by atoms with Crippen LogP contribution in [0.15, 0.2) is 28.6 Å². The van der Waals surface area contributed by atoms with E-state index in [2.05, 4.69) is 9.71 Å². The lowest BCUT2D eigenvalue weighted by Crippen LogP contribution is -2.33. The number of nitrogens with zero attached hydrogens (tertiary/aromatic N) is 3. The van der Waals surface area contributed by atoms with Gasteiger partial charge in [-0.05, 0) is 31.5 Å². The summed E-state index contributed by atoms with van der Waals surface area (Å²) in [6.45, 7) is 1.64. The highest BCUT2D eigenvalue weighted by molar-refractivity contribution is 7.89. The summed E-state index contributed by atoms with van der Waals surface area (Å²) in [7, 11) is -4.05. The van der Waals surface area contributed by atoms with Crippen molar-refractivity contribution >= 4 is 27.0 Å². The molecule has 0 bridgehead atoms. The predicted octanol–water partition coefficient (Wildman–Crippen LogP) is 2.96. The smallest absolute Gasteiger partial charge is 0.368 e.